The minimum atomic E-state index is -0.396. The van der Waals surface area contributed by atoms with Crippen molar-refractivity contribution in [3.63, 3.8) is 0 Å². The zero-order valence-electron chi connectivity index (χ0n) is 14.1. The number of carbonyl (C=O) groups is 1. The number of anilines is 1. The zero-order chi connectivity index (χ0) is 17.8. The van der Waals surface area contributed by atoms with Gasteiger partial charge in [-0.05, 0) is 49.2 Å². The van der Waals surface area contributed by atoms with E-state index in [0.717, 1.165) is 16.9 Å². The van der Waals surface area contributed by atoms with Crippen LogP contribution in [-0.2, 0) is 6.73 Å². The third kappa shape index (κ3) is 3.98. The molecule has 0 aliphatic rings. The van der Waals surface area contributed by atoms with E-state index in [1.807, 2.05) is 32.0 Å². The van der Waals surface area contributed by atoms with E-state index in [1.54, 1.807) is 35.1 Å². The maximum Gasteiger partial charge on any atom is 0.276 e. The van der Waals surface area contributed by atoms with Crippen LogP contribution in [0.1, 0.15) is 21.6 Å². The molecule has 0 saturated carbocycles. The summed E-state index contributed by atoms with van der Waals surface area (Å²) in [6, 6.07) is 14.1. The topological polar surface area (TPSA) is 76.4 Å². The lowest BCUT2D eigenvalue weighted by atomic mass is 10.1. The number of phenolic OH excluding ortho intramolecular Hbond substituents is 1. The molecule has 128 valence electrons. The first-order chi connectivity index (χ1) is 12.0. The monoisotopic (exact) mass is 337 g/mol. The average molecular weight is 337 g/mol. The number of ether oxygens (including phenoxy) is 1. The SMILES string of the molecule is Cc1ccc(C)c(OCn2ccc(C(=O)Nc3ccccc3O)n2)c1. The van der Waals surface area contributed by atoms with Gasteiger partial charge in [-0.25, -0.2) is 4.68 Å². The molecule has 0 saturated heterocycles. The maximum atomic E-state index is 12.2. The Hall–Kier alpha value is -3.28. The highest BCUT2D eigenvalue weighted by atomic mass is 16.5. The number of nitrogens with one attached hydrogen (secondary N) is 1. The van der Waals surface area contributed by atoms with Crippen molar-refractivity contribution < 1.29 is 14.6 Å². The van der Waals surface area contributed by atoms with Crippen molar-refractivity contribution in [3.05, 3.63) is 71.5 Å². The van der Waals surface area contributed by atoms with Gasteiger partial charge in [0.15, 0.2) is 12.4 Å². The van der Waals surface area contributed by atoms with Crippen LogP contribution in [0.3, 0.4) is 0 Å². The second kappa shape index (κ2) is 7.09. The number of hydrogen-bond donors (Lipinski definition) is 2. The molecular weight excluding hydrogens is 318 g/mol. The van der Waals surface area contributed by atoms with Crippen molar-refractivity contribution in [1.29, 1.82) is 0 Å². The van der Waals surface area contributed by atoms with Gasteiger partial charge < -0.3 is 15.2 Å². The predicted molar refractivity (Wildman–Crippen MR) is 94.8 cm³/mol. The normalized spacial score (nSPS) is 10.5. The van der Waals surface area contributed by atoms with Crippen LogP contribution in [0.15, 0.2) is 54.7 Å². The second-order valence-corrected chi connectivity index (χ2v) is 5.75. The highest BCUT2D eigenvalue weighted by molar-refractivity contribution is 6.03. The first-order valence-corrected chi connectivity index (χ1v) is 7.86. The van der Waals surface area contributed by atoms with Gasteiger partial charge in [0.2, 0.25) is 0 Å². The fraction of sp³-hybridized carbons (Fsp3) is 0.158. The van der Waals surface area contributed by atoms with Gasteiger partial charge in [0.25, 0.3) is 5.91 Å². The minimum absolute atomic E-state index is 0.00791. The maximum absolute atomic E-state index is 12.2. The molecule has 25 heavy (non-hydrogen) atoms. The summed E-state index contributed by atoms with van der Waals surface area (Å²) in [5, 5.41) is 16.5. The Labute approximate surface area is 145 Å². The lowest BCUT2D eigenvalue weighted by Crippen LogP contribution is -2.14. The van der Waals surface area contributed by atoms with Crippen LogP contribution in [0, 0.1) is 13.8 Å². The summed E-state index contributed by atoms with van der Waals surface area (Å²) in [4.78, 5) is 12.2. The summed E-state index contributed by atoms with van der Waals surface area (Å²) in [5.74, 6) is 0.399. The summed E-state index contributed by atoms with van der Waals surface area (Å²) >= 11 is 0. The molecule has 2 aromatic carbocycles. The molecule has 6 heteroatoms. The molecular formula is C19H19N3O3. The molecule has 3 rings (SSSR count). The largest absolute Gasteiger partial charge is 0.506 e. The molecule has 0 aliphatic carbocycles. The molecule has 1 aromatic heterocycles. The summed E-state index contributed by atoms with van der Waals surface area (Å²) in [5.41, 5.74) is 2.74. The number of aromatic hydroxyl groups is 1. The lowest BCUT2D eigenvalue weighted by Gasteiger charge is -2.10. The van der Waals surface area contributed by atoms with Gasteiger partial charge in [-0.1, -0.05) is 24.3 Å². The van der Waals surface area contributed by atoms with Gasteiger partial charge in [-0.15, -0.1) is 0 Å². The van der Waals surface area contributed by atoms with E-state index >= 15 is 0 Å². The van der Waals surface area contributed by atoms with Crippen LogP contribution in [0.2, 0.25) is 0 Å². The lowest BCUT2D eigenvalue weighted by molar-refractivity contribution is 0.101. The molecule has 0 bridgehead atoms. The number of phenols is 1. The molecule has 0 fully saturated rings. The Kier molecular flexibility index (Phi) is 4.70. The number of nitrogens with zero attached hydrogens (tertiary/aromatic N) is 2. The number of aromatic nitrogens is 2. The Balaban J connectivity index is 1.65. The highest BCUT2D eigenvalue weighted by Crippen LogP contribution is 2.22. The van der Waals surface area contributed by atoms with Crippen molar-refractivity contribution >= 4 is 11.6 Å². The standard InChI is InChI=1S/C19H19N3O3/c1-13-7-8-14(2)18(11-13)25-12-22-10-9-16(21-22)19(24)20-15-5-3-4-6-17(15)23/h3-11,23H,12H2,1-2H3,(H,20,24). The van der Waals surface area contributed by atoms with Crippen molar-refractivity contribution in [2.45, 2.75) is 20.6 Å². The molecule has 0 radical (unpaired) electrons. The Morgan fingerprint density at radius 1 is 1.20 bits per heavy atom. The van der Waals surface area contributed by atoms with Gasteiger partial charge in [-0.2, -0.15) is 5.10 Å². The summed E-state index contributed by atoms with van der Waals surface area (Å²) < 4.78 is 7.31. The van der Waals surface area contributed by atoms with Crippen LogP contribution in [0.5, 0.6) is 11.5 Å². The zero-order valence-corrected chi connectivity index (χ0v) is 14.1. The van der Waals surface area contributed by atoms with Gasteiger partial charge in [0, 0.05) is 6.20 Å². The van der Waals surface area contributed by atoms with E-state index in [4.69, 9.17) is 4.74 Å². The Morgan fingerprint density at radius 3 is 2.80 bits per heavy atom. The van der Waals surface area contributed by atoms with Crippen LogP contribution in [0.25, 0.3) is 0 Å². The minimum Gasteiger partial charge on any atom is -0.506 e. The van der Waals surface area contributed by atoms with Crippen LogP contribution in [0.4, 0.5) is 5.69 Å². The number of amides is 1. The number of rotatable bonds is 5. The number of carbonyl (C=O) groups excluding carboxylic acids is 1. The fourth-order valence-corrected chi connectivity index (χ4v) is 2.32. The summed E-state index contributed by atoms with van der Waals surface area (Å²) in [6.07, 6.45) is 1.67. The van der Waals surface area contributed by atoms with Gasteiger partial charge >= 0.3 is 0 Å². The first-order valence-electron chi connectivity index (χ1n) is 7.86. The summed E-state index contributed by atoms with van der Waals surface area (Å²) in [6.45, 7) is 4.18. The molecule has 3 aromatic rings. The third-order valence-corrected chi connectivity index (χ3v) is 3.72. The van der Waals surface area contributed by atoms with E-state index in [-0.39, 0.29) is 18.2 Å². The molecule has 1 heterocycles. The van der Waals surface area contributed by atoms with E-state index in [2.05, 4.69) is 10.4 Å². The molecule has 0 unspecified atom stereocenters. The quantitative estimate of drug-likeness (QED) is 0.699. The fourth-order valence-electron chi connectivity index (χ4n) is 2.32. The van der Waals surface area contributed by atoms with Crippen molar-refractivity contribution in [2.75, 3.05) is 5.32 Å². The summed E-state index contributed by atoms with van der Waals surface area (Å²) in [7, 11) is 0. The highest BCUT2D eigenvalue weighted by Gasteiger charge is 2.12. The molecule has 0 spiro atoms. The van der Waals surface area contributed by atoms with Gasteiger partial charge in [0.05, 0.1) is 5.69 Å². The average Bonchev–Trinajstić information content (AvgIpc) is 3.07. The second-order valence-electron chi connectivity index (χ2n) is 5.75. The Morgan fingerprint density at radius 2 is 2.00 bits per heavy atom. The number of aryl methyl sites for hydroxylation is 2. The Bertz CT molecular complexity index is 902. The van der Waals surface area contributed by atoms with E-state index in [0.29, 0.717) is 5.69 Å². The van der Waals surface area contributed by atoms with Crippen LogP contribution in [-0.4, -0.2) is 20.8 Å². The van der Waals surface area contributed by atoms with E-state index in [9.17, 15) is 9.90 Å². The van der Waals surface area contributed by atoms with E-state index < -0.39 is 5.91 Å². The number of para-hydroxylation sites is 2. The molecule has 2 N–H and O–H groups in total. The predicted octanol–water partition coefficient (Wildman–Crippen LogP) is 3.49. The number of hydrogen-bond acceptors (Lipinski definition) is 4. The van der Waals surface area contributed by atoms with Crippen molar-refractivity contribution in [2.24, 2.45) is 0 Å². The third-order valence-electron chi connectivity index (χ3n) is 3.72. The number of benzene rings is 2. The molecule has 0 atom stereocenters. The van der Waals surface area contributed by atoms with Crippen molar-refractivity contribution in [1.82, 2.24) is 9.78 Å². The van der Waals surface area contributed by atoms with Crippen LogP contribution < -0.4 is 10.1 Å². The van der Waals surface area contributed by atoms with Crippen molar-refractivity contribution in [3.8, 4) is 11.5 Å². The van der Waals surface area contributed by atoms with Crippen LogP contribution >= 0.6 is 0 Å². The first kappa shape index (κ1) is 16.6. The molecule has 0 aliphatic heterocycles. The molecule has 1 amide bonds. The molecule has 6 nitrogen and oxygen atoms in total. The smallest absolute Gasteiger partial charge is 0.276 e. The van der Waals surface area contributed by atoms with Gasteiger partial charge in [-0.3, -0.25) is 4.79 Å². The van der Waals surface area contributed by atoms with E-state index in [1.165, 1.54) is 6.07 Å². The van der Waals surface area contributed by atoms with Gasteiger partial charge in [0.1, 0.15) is 11.5 Å².